The maximum Gasteiger partial charge on any atom is 0.168 e. The molecule has 2 heterocycles. The summed E-state index contributed by atoms with van der Waals surface area (Å²) in [5.74, 6) is 1.59. The molecule has 0 aromatic rings. The number of ether oxygens (including phenoxy) is 3. The van der Waals surface area contributed by atoms with Gasteiger partial charge in [-0.2, -0.15) is 0 Å². The van der Waals surface area contributed by atoms with Crippen molar-refractivity contribution in [3.63, 3.8) is 0 Å². The Morgan fingerprint density at radius 3 is 2.29 bits per heavy atom. The Morgan fingerprint density at radius 1 is 1.06 bits per heavy atom. The highest BCUT2D eigenvalue weighted by Gasteiger charge is 2.52. The van der Waals surface area contributed by atoms with Gasteiger partial charge in [0.2, 0.25) is 0 Å². The van der Waals surface area contributed by atoms with Gasteiger partial charge in [-0.15, -0.1) is 0 Å². The topological polar surface area (TPSA) is 31.0 Å². The molecule has 17 heavy (non-hydrogen) atoms. The molecular formula is C14H24O3. The van der Waals surface area contributed by atoms with Crippen LogP contribution < -0.4 is 0 Å². The molecule has 5 atom stereocenters. The number of hydrogen-bond acceptors (Lipinski definition) is 3. The van der Waals surface area contributed by atoms with Crippen molar-refractivity contribution >= 4 is 0 Å². The summed E-state index contributed by atoms with van der Waals surface area (Å²) < 4.78 is 17.5. The number of epoxide rings is 1. The van der Waals surface area contributed by atoms with Crippen molar-refractivity contribution in [1.82, 2.24) is 0 Å². The van der Waals surface area contributed by atoms with Crippen LogP contribution in [0.25, 0.3) is 0 Å². The molecule has 0 amide bonds. The normalized spacial score (nSPS) is 49.2. The van der Waals surface area contributed by atoms with Crippen molar-refractivity contribution in [2.75, 3.05) is 13.2 Å². The van der Waals surface area contributed by atoms with Gasteiger partial charge in [0.05, 0.1) is 25.4 Å². The lowest BCUT2D eigenvalue weighted by molar-refractivity contribution is -0.287. The van der Waals surface area contributed by atoms with Crippen molar-refractivity contribution in [2.24, 2.45) is 17.8 Å². The highest BCUT2D eigenvalue weighted by molar-refractivity contribution is 4.97. The molecule has 0 aromatic heterocycles. The second kappa shape index (κ2) is 4.22. The molecule has 0 aromatic carbocycles. The fourth-order valence-corrected chi connectivity index (χ4v) is 3.86. The quantitative estimate of drug-likeness (QED) is 0.695. The van der Waals surface area contributed by atoms with Gasteiger partial charge in [-0.1, -0.05) is 6.92 Å². The van der Waals surface area contributed by atoms with Crippen LogP contribution in [-0.2, 0) is 14.2 Å². The highest BCUT2D eigenvalue weighted by Crippen LogP contribution is 2.49. The minimum absolute atomic E-state index is 0.343. The molecule has 98 valence electrons. The average molecular weight is 240 g/mol. The van der Waals surface area contributed by atoms with E-state index < -0.39 is 0 Å². The van der Waals surface area contributed by atoms with E-state index in [0.717, 1.165) is 25.6 Å². The van der Waals surface area contributed by atoms with E-state index in [0.29, 0.717) is 24.0 Å². The molecule has 0 spiro atoms. The van der Waals surface area contributed by atoms with E-state index in [-0.39, 0.29) is 5.79 Å². The first-order chi connectivity index (χ1) is 8.10. The second-order valence-electron chi connectivity index (χ2n) is 6.19. The van der Waals surface area contributed by atoms with Crippen LogP contribution in [0, 0.1) is 17.8 Å². The van der Waals surface area contributed by atoms with Crippen LogP contribution in [0.15, 0.2) is 0 Å². The summed E-state index contributed by atoms with van der Waals surface area (Å²) >= 11 is 0. The van der Waals surface area contributed by atoms with Crippen LogP contribution in [0.4, 0.5) is 0 Å². The molecule has 0 N–H and O–H groups in total. The first-order valence-electron chi connectivity index (χ1n) is 7.03. The van der Waals surface area contributed by atoms with E-state index >= 15 is 0 Å². The Bertz CT molecular complexity index is 285. The third kappa shape index (κ3) is 2.13. The third-order valence-electron chi connectivity index (χ3n) is 4.88. The molecule has 1 aliphatic carbocycles. The molecule has 3 rings (SSSR count). The van der Waals surface area contributed by atoms with Gasteiger partial charge in [-0.3, -0.25) is 0 Å². The molecule has 3 fully saturated rings. The predicted molar refractivity (Wildman–Crippen MR) is 64.6 cm³/mol. The SMILES string of the molecule is CC1CC(C2OC2C)CC1C1(C)OCCCO1. The van der Waals surface area contributed by atoms with Crippen LogP contribution in [-0.4, -0.2) is 31.2 Å². The largest absolute Gasteiger partial charge is 0.370 e. The average Bonchev–Trinajstić information content (AvgIpc) is 2.88. The van der Waals surface area contributed by atoms with Crippen LogP contribution in [0.3, 0.4) is 0 Å². The van der Waals surface area contributed by atoms with Crippen molar-refractivity contribution < 1.29 is 14.2 Å². The van der Waals surface area contributed by atoms with Gasteiger partial charge in [-0.25, -0.2) is 0 Å². The Labute approximate surface area is 104 Å². The summed E-state index contributed by atoms with van der Waals surface area (Å²) in [7, 11) is 0. The van der Waals surface area contributed by atoms with Gasteiger partial charge in [0, 0.05) is 5.92 Å². The van der Waals surface area contributed by atoms with Gasteiger partial charge in [0.25, 0.3) is 0 Å². The smallest absolute Gasteiger partial charge is 0.168 e. The Hall–Kier alpha value is -0.120. The van der Waals surface area contributed by atoms with E-state index in [4.69, 9.17) is 14.2 Å². The summed E-state index contributed by atoms with van der Waals surface area (Å²) in [5.41, 5.74) is 0. The van der Waals surface area contributed by atoms with Gasteiger partial charge in [0.1, 0.15) is 0 Å². The predicted octanol–water partition coefficient (Wildman–Crippen LogP) is 2.59. The van der Waals surface area contributed by atoms with Crippen LogP contribution in [0.1, 0.15) is 40.0 Å². The van der Waals surface area contributed by atoms with Crippen LogP contribution >= 0.6 is 0 Å². The summed E-state index contributed by atoms with van der Waals surface area (Å²) in [5, 5.41) is 0. The van der Waals surface area contributed by atoms with Crippen LogP contribution in [0.5, 0.6) is 0 Å². The number of hydrogen-bond donors (Lipinski definition) is 0. The van der Waals surface area contributed by atoms with Gasteiger partial charge >= 0.3 is 0 Å². The highest BCUT2D eigenvalue weighted by atomic mass is 16.7. The lowest BCUT2D eigenvalue weighted by atomic mass is 9.89. The molecule has 2 aliphatic heterocycles. The van der Waals surface area contributed by atoms with E-state index in [1.54, 1.807) is 0 Å². The summed E-state index contributed by atoms with van der Waals surface area (Å²) in [6, 6.07) is 0. The van der Waals surface area contributed by atoms with Crippen LogP contribution in [0.2, 0.25) is 0 Å². The maximum atomic E-state index is 5.93. The fraction of sp³-hybridized carbons (Fsp3) is 1.00. The van der Waals surface area contributed by atoms with Crippen molar-refractivity contribution in [3.8, 4) is 0 Å². The summed E-state index contributed by atoms with van der Waals surface area (Å²) in [4.78, 5) is 0. The number of rotatable bonds is 2. The molecule has 3 aliphatic rings. The van der Waals surface area contributed by atoms with Gasteiger partial charge in [-0.05, 0) is 44.9 Å². The molecule has 3 nitrogen and oxygen atoms in total. The Morgan fingerprint density at radius 2 is 1.71 bits per heavy atom. The van der Waals surface area contributed by atoms with E-state index in [9.17, 15) is 0 Å². The lowest BCUT2D eigenvalue weighted by Crippen LogP contribution is -2.45. The minimum atomic E-state index is -0.343. The lowest BCUT2D eigenvalue weighted by Gasteiger charge is -2.40. The van der Waals surface area contributed by atoms with Gasteiger partial charge in [0.15, 0.2) is 5.79 Å². The maximum absolute atomic E-state index is 5.93. The zero-order valence-electron chi connectivity index (χ0n) is 11.1. The zero-order chi connectivity index (χ0) is 12.0. The second-order valence-corrected chi connectivity index (χ2v) is 6.19. The molecule has 3 heteroatoms. The van der Waals surface area contributed by atoms with E-state index in [1.807, 2.05) is 0 Å². The summed E-state index contributed by atoms with van der Waals surface area (Å²) in [6.07, 6.45) is 4.49. The van der Waals surface area contributed by atoms with Crippen molar-refractivity contribution in [3.05, 3.63) is 0 Å². The molecule has 1 saturated carbocycles. The monoisotopic (exact) mass is 240 g/mol. The molecule has 2 saturated heterocycles. The fourth-order valence-electron chi connectivity index (χ4n) is 3.86. The Kier molecular flexibility index (Phi) is 2.96. The van der Waals surface area contributed by atoms with Crippen molar-refractivity contribution in [2.45, 2.75) is 58.0 Å². The Balaban J connectivity index is 1.66. The first-order valence-corrected chi connectivity index (χ1v) is 7.03. The van der Waals surface area contributed by atoms with E-state index in [1.165, 1.54) is 12.8 Å². The summed E-state index contributed by atoms with van der Waals surface area (Å²) in [6.45, 7) is 8.34. The first kappa shape index (κ1) is 11.9. The van der Waals surface area contributed by atoms with Crippen molar-refractivity contribution in [1.29, 1.82) is 0 Å². The zero-order valence-corrected chi connectivity index (χ0v) is 11.1. The standard InChI is InChI=1S/C14H24O3/c1-9-7-11(13-10(2)17-13)8-12(9)14(3)15-5-4-6-16-14/h9-13H,4-8H2,1-3H3. The molecule has 0 radical (unpaired) electrons. The van der Waals surface area contributed by atoms with E-state index in [2.05, 4.69) is 20.8 Å². The molecule has 0 bridgehead atoms. The minimum Gasteiger partial charge on any atom is -0.370 e. The molecule has 5 unspecified atom stereocenters. The van der Waals surface area contributed by atoms with Gasteiger partial charge < -0.3 is 14.2 Å². The third-order valence-corrected chi connectivity index (χ3v) is 4.88. The molecular weight excluding hydrogens is 216 g/mol.